The molecule has 0 saturated carbocycles. The number of benzene rings is 2. The highest BCUT2D eigenvalue weighted by atomic mass is 35.5. The molecule has 32 heavy (non-hydrogen) atoms. The van der Waals surface area contributed by atoms with Gasteiger partial charge in [0.1, 0.15) is 5.56 Å². The third kappa shape index (κ3) is 4.07. The Hall–Kier alpha value is -3.71. The van der Waals surface area contributed by atoms with E-state index in [9.17, 15) is 9.59 Å². The number of hydrogen-bond acceptors (Lipinski definition) is 5. The minimum absolute atomic E-state index is 0.131. The van der Waals surface area contributed by atoms with E-state index in [2.05, 4.69) is 10.4 Å². The molecule has 0 aliphatic rings. The van der Waals surface area contributed by atoms with Crippen molar-refractivity contribution in [3.63, 3.8) is 0 Å². The summed E-state index contributed by atoms with van der Waals surface area (Å²) in [6, 6.07) is 14.4. The number of hydrogen-bond donors (Lipinski definition) is 1. The Kier molecular flexibility index (Phi) is 5.92. The van der Waals surface area contributed by atoms with Crippen LogP contribution in [0.2, 0.25) is 5.02 Å². The van der Waals surface area contributed by atoms with Crippen LogP contribution in [0.3, 0.4) is 0 Å². The molecular formula is C24H21ClN4O3. The van der Waals surface area contributed by atoms with Gasteiger partial charge in [0.05, 0.1) is 18.3 Å². The number of para-hydroxylation sites is 1. The SMILES string of the molecule is CCOC(=O)c1cnn(-c2cc(C)c3cccc(C)c3n2)c1NC(=O)c1cccc(Cl)c1. The maximum atomic E-state index is 12.9. The van der Waals surface area contributed by atoms with Gasteiger partial charge < -0.3 is 10.1 Å². The second-order valence-electron chi connectivity index (χ2n) is 7.27. The number of halogens is 1. The fraction of sp³-hybridized carbons (Fsp3) is 0.167. The van der Waals surface area contributed by atoms with Gasteiger partial charge in [0.15, 0.2) is 11.6 Å². The van der Waals surface area contributed by atoms with E-state index >= 15 is 0 Å². The highest BCUT2D eigenvalue weighted by Crippen LogP contribution is 2.26. The standard InChI is InChI=1S/C24H21ClN4O3/c1-4-32-24(31)19-13-26-29(22(19)28-23(30)16-8-6-9-17(25)12-16)20-11-15(3)18-10-5-7-14(2)21(18)27-20/h5-13H,4H2,1-3H3,(H,28,30). The molecule has 0 atom stereocenters. The van der Waals surface area contributed by atoms with E-state index in [1.165, 1.54) is 10.9 Å². The summed E-state index contributed by atoms with van der Waals surface area (Å²) in [5, 5.41) is 8.58. The lowest BCUT2D eigenvalue weighted by Gasteiger charge is -2.13. The van der Waals surface area contributed by atoms with Crippen LogP contribution in [0.4, 0.5) is 5.82 Å². The first-order chi connectivity index (χ1) is 15.4. The summed E-state index contributed by atoms with van der Waals surface area (Å²) in [4.78, 5) is 30.2. The molecule has 1 amide bonds. The predicted octanol–water partition coefficient (Wildman–Crippen LogP) is 5.12. The molecule has 7 nitrogen and oxygen atoms in total. The number of carbonyl (C=O) groups excluding carboxylic acids is 2. The molecular weight excluding hydrogens is 428 g/mol. The Balaban J connectivity index is 1.84. The highest BCUT2D eigenvalue weighted by molar-refractivity contribution is 6.31. The van der Waals surface area contributed by atoms with Gasteiger partial charge in [0.2, 0.25) is 0 Å². The molecule has 0 bridgehead atoms. The lowest BCUT2D eigenvalue weighted by atomic mass is 10.1. The van der Waals surface area contributed by atoms with Crippen molar-refractivity contribution in [2.45, 2.75) is 20.8 Å². The van der Waals surface area contributed by atoms with Crippen molar-refractivity contribution in [2.75, 3.05) is 11.9 Å². The summed E-state index contributed by atoms with van der Waals surface area (Å²) in [6.07, 6.45) is 1.37. The first-order valence-corrected chi connectivity index (χ1v) is 10.5. The van der Waals surface area contributed by atoms with Gasteiger partial charge >= 0.3 is 5.97 Å². The number of anilines is 1. The van der Waals surface area contributed by atoms with Gasteiger partial charge in [-0.25, -0.2) is 9.78 Å². The van der Waals surface area contributed by atoms with Gasteiger partial charge in [-0.3, -0.25) is 4.79 Å². The Morgan fingerprint density at radius 2 is 1.88 bits per heavy atom. The molecule has 162 valence electrons. The molecule has 0 spiro atoms. The molecule has 0 radical (unpaired) electrons. The quantitative estimate of drug-likeness (QED) is 0.428. The molecule has 8 heteroatoms. The fourth-order valence-corrected chi connectivity index (χ4v) is 3.65. The number of carbonyl (C=O) groups is 2. The molecule has 2 aromatic carbocycles. The van der Waals surface area contributed by atoms with Gasteiger partial charge in [0, 0.05) is 16.0 Å². The smallest absolute Gasteiger partial charge is 0.343 e. The summed E-state index contributed by atoms with van der Waals surface area (Å²) in [7, 11) is 0. The molecule has 2 heterocycles. The second-order valence-corrected chi connectivity index (χ2v) is 7.71. The zero-order chi connectivity index (χ0) is 22.8. The minimum atomic E-state index is -0.589. The predicted molar refractivity (Wildman–Crippen MR) is 124 cm³/mol. The van der Waals surface area contributed by atoms with E-state index in [4.69, 9.17) is 21.3 Å². The van der Waals surface area contributed by atoms with E-state index in [1.54, 1.807) is 31.2 Å². The molecule has 0 saturated heterocycles. The molecule has 4 rings (SSSR count). The van der Waals surface area contributed by atoms with Crippen LogP contribution in [0.15, 0.2) is 54.7 Å². The van der Waals surface area contributed by atoms with E-state index in [1.807, 2.05) is 38.1 Å². The van der Waals surface area contributed by atoms with Crippen molar-refractivity contribution in [3.8, 4) is 5.82 Å². The Morgan fingerprint density at radius 1 is 1.09 bits per heavy atom. The van der Waals surface area contributed by atoms with Crippen molar-refractivity contribution in [1.29, 1.82) is 0 Å². The zero-order valence-corrected chi connectivity index (χ0v) is 18.6. The van der Waals surface area contributed by atoms with Crippen LogP contribution in [0.25, 0.3) is 16.7 Å². The van der Waals surface area contributed by atoms with E-state index < -0.39 is 11.9 Å². The van der Waals surface area contributed by atoms with Gasteiger partial charge in [0.25, 0.3) is 5.91 Å². The first-order valence-electron chi connectivity index (χ1n) is 10.1. The lowest BCUT2D eigenvalue weighted by molar-refractivity contribution is 0.0527. The molecule has 1 N–H and O–H groups in total. The van der Waals surface area contributed by atoms with Gasteiger partial charge in [-0.05, 0) is 56.2 Å². The van der Waals surface area contributed by atoms with Crippen molar-refractivity contribution < 1.29 is 14.3 Å². The molecule has 0 unspecified atom stereocenters. The average molecular weight is 449 g/mol. The normalized spacial score (nSPS) is 10.9. The third-order valence-electron chi connectivity index (χ3n) is 5.03. The summed E-state index contributed by atoms with van der Waals surface area (Å²) in [5.41, 5.74) is 3.30. The number of nitrogens with one attached hydrogen (secondary N) is 1. The monoisotopic (exact) mass is 448 g/mol. The van der Waals surface area contributed by atoms with Crippen LogP contribution in [-0.4, -0.2) is 33.2 Å². The fourth-order valence-electron chi connectivity index (χ4n) is 3.46. The zero-order valence-electron chi connectivity index (χ0n) is 17.8. The number of rotatable bonds is 5. The second kappa shape index (κ2) is 8.80. The first kappa shape index (κ1) is 21.5. The van der Waals surface area contributed by atoms with Crippen LogP contribution in [0.5, 0.6) is 0 Å². The van der Waals surface area contributed by atoms with Crippen molar-refractivity contribution >= 4 is 40.2 Å². The number of aromatic nitrogens is 3. The summed E-state index contributed by atoms with van der Waals surface area (Å²) >= 11 is 6.03. The van der Waals surface area contributed by atoms with Crippen LogP contribution in [-0.2, 0) is 4.74 Å². The van der Waals surface area contributed by atoms with Gasteiger partial charge in [-0.2, -0.15) is 9.78 Å². The highest BCUT2D eigenvalue weighted by Gasteiger charge is 2.23. The molecule has 0 fully saturated rings. The van der Waals surface area contributed by atoms with Crippen molar-refractivity contribution in [1.82, 2.24) is 14.8 Å². The number of nitrogens with zero attached hydrogens (tertiary/aromatic N) is 3. The number of aryl methyl sites for hydroxylation is 2. The minimum Gasteiger partial charge on any atom is -0.462 e. The molecule has 0 aliphatic heterocycles. The van der Waals surface area contributed by atoms with Gasteiger partial charge in [-0.15, -0.1) is 0 Å². The van der Waals surface area contributed by atoms with Crippen LogP contribution >= 0.6 is 11.6 Å². The third-order valence-corrected chi connectivity index (χ3v) is 5.27. The molecule has 2 aromatic heterocycles. The number of amides is 1. The number of esters is 1. The van der Waals surface area contributed by atoms with E-state index in [-0.39, 0.29) is 18.0 Å². The average Bonchev–Trinajstić information content (AvgIpc) is 3.18. The van der Waals surface area contributed by atoms with Gasteiger partial charge in [-0.1, -0.05) is 35.9 Å². The molecule has 4 aromatic rings. The Morgan fingerprint density at radius 3 is 2.62 bits per heavy atom. The topological polar surface area (TPSA) is 86.1 Å². The Bertz CT molecular complexity index is 1350. The largest absolute Gasteiger partial charge is 0.462 e. The maximum Gasteiger partial charge on any atom is 0.343 e. The van der Waals surface area contributed by atoms with Crippen LogP contribution in [0, 0.1) is 13.8 Å². The summed E-state index contributed by atoms with van der Waals surface area (Å²) in [5.74, 6) is -0.378. The van der Waals surface area contributed by atoms with Crippen molar-refractivity contribution in [3.05, 3.63) is 82.0 Å². The summed E-state index contributed by atoms with van der Waals surface area (Å²) in [6.45, 7) is 5.86. The number of ether oxygens (including phenoxy) is 1. The Labute approximate surface area is 190 Å². The maximum absolute atomic E-state index is 12.9. The number of fused-ring (bicyclic) bond motifs is 1. The van der Waals surface area contributed by atoms with Crippen LogP contribution in [0.1, 0.15) is 38.8 Å². The number of pyridine rings is 1. The summed E-state index contributed by atoms with van der Waals surface area (Å²) < 4.78 is 6.59. The van der Waals surface area contributed by atoms with E-state index in [0.29, 0.717) is 16.4 Å². The molecule has 0 aliphatic carbocycles. The van der Waals surface area contributed by atoms with Crippen molar-refractivity contribution in [2.24, 2.45) is 0 Å². The van der Waals surface area contributed by atoms with E-state index in [0.717, 1.165) is 22.0 Å². The van der Waals surface area contributed by atoms with Crippen LogP contribution < -0.4 is 5.32 Å². The lowest BCUT2D eigenvalue weighted by Crippen LogP contribution is -2.18.